The highest BCUT2D eigenvalue weighted by Crippen LogP contribution is 2.17. The van der Waals surface area contributed by atoms with Crippen LogP contribution in [0.15, 0.2) is 24.3 Å². The minimum Gasteiger partial charge on any atom is -0.508 e. The Morgan fingerprint density at radius 1 is 1.18 bits per heavy atom. The lowest BCUT2D eigenvalue weighted by Crippen LogP contribution is -2.29. The maximum atomic E-state index is 9.67. The van der Waals surface area contributed by atoms with Crippen molar-refractivity contribution < 1.29 is 5.11 Å². The van der Waals surface area contributed by atoms with Crippen LogP contribution in [0.4, 0.5) is 0 Å². The fourth-order valence-electron chi connectivity index (χ4n) is 2.34. The Labute approximate surface area is 103 Å². The SMILES string of the molecule is Oc1ccccc1CCCN1CCCNCC1. The van der Waals surface area contributed by atoms with Crippen LogP contribution in [0, 0.1) is 0 Å². The van der Waals surface area contributed by atoms with E-state index >= 15 is 0 Å². The van der Waals surface area contributed by atoms with Crippen LogP contribution in [-0.4, -0.2) is 42.7 Å². The summed E-state index contributed by atoms with van der Waals surface area (Å²) in [5.41, 5.74) is 1.07. The fraction of sp³-hybridized carbons (Fsp3) is 0.571. The Balaban J connectivity index is 1.73. The Morgan fingerprint density at radius 2 is 2.06 bits per heavy atom. The largest absolute Gasteiger partial charge is 0.508 e. The first-order valence-electron chi connectivity index (χ1n) is 6.56. The van der Waals surface area contributed by atoms with Crippen LogP contribution in [0.3, 0.4) is 0 Å². The third-order valence-electron chi connectivity index (χ3n) is 3.34. The highest BCUT2D eigenvalue weighted by molar-refractivity contribution is 5.31. The van der Waals surface area contributed by atoms with Crippen molar-refractivity contribution in [2.75, 3.05) is 32.7 Å². The minimum absolute atomic E-state index is 0.435. The van der Waals surface area contributed by atoms with Gasteiger partial charge in [0.1, 0.15) is 5.75 Å². The standard InChI is InChI=1S/C14H22N2O/c17-14-7-2-1-5-13(14)6-3-10-16-11-4-8-15-9-12-16/h1-2,5,7,15,17H,3-4,6,8-12H2. The van der Waals surface area contributed by atoms with Gasteiger partial charge in [0.25, 0.3) is 0 Å². The molecule has 1 aromatic rings. The normalized spacial score (nSPS) is 17.9. The highest BCUT2D eigenvalue weighted by Gasteiger charge is 2.08. The number of nitrogens with zero attached hydrogens (tertiary/aromatic N) is 1. The maximum Gasteiger partial charge on any atom is 0.118 e. The molecule has 0 bridgehead atoms. The van der Waals surface area contributed by atoms with Crippen molar-refractivity contribution in [2.45, 2.75) is 19.3 Å². The minimum atomic E-state index is 0.435. The Hall–Kier alpha value is -1.06. The number of hydrogen-bond donors (Lipinski definition) is 2. The van der Waals surface area contributed by atoms with E-state index in [0.29, 0.717) is 5.75 Å². The van der Waals surface area contributed by atoms with Gasteiger partial charge in [0.15, 0.2) is 0 Å². The van der Waals surface area contributed by atoms with E-state index in [1.807, 2.05) is 18.2 Å². The highest BCUT2D eigenvalue weighted by atomic mass is 16.3. The molecule has 1 heterocycles. The van der Waals surface area contributed by atoms with Gasteiger partial charge in [-0.15, -0.1) is 0 Å². The van der Waals surface area contributed by atoms with Crippen molar-refractivity contribution in [3.63, 3.8) is 0 Å². The first-order valence-corrected chi connectivity index (χ1v) is 6.56. The predicted octanol–water partition coefficient (Wildman–Crippen LogP) is 1.62. The van der Waals surface area contributed by atoms with E-state index in [-0.39, 0.29) is 0 Å². The number of aryl methyl sites for hydroxylation is 1. The van der Waals surface area contributed by atoms with E-state index in [9.17, 15) is 5.11 Å². The van der Waals surface area contributed by atoms with Gasteiger partial charge in [0.2, 0.25) is 0 Å². The molecule has 0 radical (unpaired) electrons. The lowest BCUT2D eigenvalue weighted by atomic mass is 10.1. The number of benzene rings is 1. The molecule has 0 amide bonds. The summed E-state index contributed by atoms with van der Waals surface area (Å²) in [6, 6.07) is 7.65. The molecular formula is C14H22N2O. The number of hydrogen-bond acceptors (Lipinski definition) is 3. The third kappa shape index (κ3) is 4.02. The first-order chi connectivity index (χ1) is 8.36. The molecule has 94 valence electrons. The number of para-hydroxylation sites is 1. The van der Waals surface area contributed by atoms with E-state index in [1.54, 1.807) is 6.07 Å². The van der Waals surface area contributed by atoms with Crippen LogP contribution in [-0.2, 0) is 6.42 Å². The number of nitrogens with one attached hydrogen (secondary N) is 1. The zero-order valence-electron chi connectivity index (χ0n) is 10.4. The lowest BCUT2D eigenvalue weighted by Gasteiger charge is -2.19. The van der Waals surface area contributed by atoms with E-state index in [4.69, 9.17) is 0 Å². The van der Waals surface area contributed by atoms with Gasteiger partial charge in [-0.1, -0.05) is 18.2 Å². The summed E-state index contributed by atoms with van der Waals surface area (Å²) in [5, 5.41) is 13.1. The fourth-order valence-corrected chi connectivity index (χ4v) is 2.34. The molecule has 0 spiro atoms. The summed E-state index contributed by atoms with van der Waals surface area (Å²) in [5.74, 6) is 0.435. The monoisotopic (exact) mass is 234 g/mol. The van der Waals surface area contributed by atoms with Gasteiger partial charge < -0.3 is 15.3 Å². The molecule has 0 saturated carbocycles. The first kappa shape index (κ1) is 12.4. The van der Waals surface area contributed by atoms with E-state index in [1.165, 1.54) is 13.0 Å². The average molecular weight is 234 g/mol. The maximum absolute atomic E-state index is 9.67. The van der Waals surface area contributed by atoms with Crippen molar-refractivity contribution in [1.82, 2.24) is 10.2 Å². The second kappa shape index (κ2) is 6.62. The molecule has 1 aromatic carbocycles. The second-order valence-corrected chi connectivity index (χ2v) is 4.68. The van der Waals surface area contributed by atoms with Crippen molar-refractivity contribution in [2.24, 2.45) is 0 Å². The van der Waals surface area contributed by atoms with Crippen LogP contribution in [0.1, 0.15) is 18.4 Å². The van der Waals surface area contributed by atoms with Crippen molar-refractivity contribution >= 4 is 0 Å². The van der Waals surface area contributed by atoms with Gasteiger partial charge in [0, 0.05) is 13.1 Å². The second-order valence-electron chi connectivity index (χ2n) is 4.68. The molecule has 1 fully saturated rings. The molecule has 2 N–H and O–H groups in total. The average Bonchev–Trinajstić information content (AvgIpc) is 2.60. The predicted molar refractivity (Wildman–Crippen MR) is 70.4 cm³/mol. The third-order valence-corrected chi connectivity index (χ3v) is 3.34. The molecular weight excluding hydrogens is 212 g/mol. The van der Waals surface area contributed by atoms with Gasteiger partial charge in [-0.3, -0.25) is 0 Å². The Bertz CT molecular complexity index is 333. The molecule has 0 aliphatic carbocycles. The van der Waals surface area contributed by atoms with E-state index in [2.05, 4.69) is 10.2 Å². The lowest BCUT2D eigenvalue weighted by molar-refractivity contribution is 0.288. The molecule has 1 aliphatic heterocycles. The summed E-state index contributed by atoms with van der Waals surface area (Å²) in [4.78, 5) is 2.51. The van der Waals surface area contributed by atoms with E-state index in [0.717, 1.165) is 44.6 Å². The summed E-state index contributed by atoms with van der Waals surface area (Å²) >= 11 is 0. The molecule has 2 rings (SSSR count). The van der Waals surface area contributed by atoms with Gasteiger partial charge in [-0.25, -0.2) is 0 Å². The van der Waals surface area contributed by atoms with Gasteiger partial charge in [-0.2, -0.15) is 0 Å². The van der Waals surface area contributed by atoms with E-state index < -0.39 is 0 Å². The van der Waals surface area contributed by atoms with Crippen LogP contribution in [0.25, 0.3) is 0 Å². The summed E-state index contributed by atoms with van der Waals surface area (Å²) in [6.45, 7) is 5.75. The summed E-state index contributed by atoms with van der Waals surface area (Å²) in [7, 11) is 0. The van der Waals surface area contributed by atoms with Crippen LogP contribution in [0.5, 0.6) is 5.75 Å². The van der Waals surface area contributed by atoms with Crippen LogP contribution in [0.2, 0.25) is 0 Å². The molecule has 17 heavy (non-hydrogen) atoms. The number of phenols is 1. The molecule has 0 unspecified atom stereocenters. The summed E-state index contributed by atoms with van der Waals surface area (Å²) < 4.78 is 0. The van der Waals surface area contributed by atoms with Crippen molar-refractivity contribution in [3.8, 4) is 5.75 Å². The van der Waals surface area contributed by atoms with Gasteiger partial charge in [0.05, 0.1) is 0 Å². The number of rotatable bonds is 4. The molecule has 0 atom stereocenters. The molecule has 3 heteroatoms. The van der Waals surface area contributed by atoms with Gasteiger partial charge in [-0.05, 0) is 50.5 Å². The van der Waals surface area contributed by atoms with Crippen molar-refractivity contribution in [1.29, 1.82) is 0 Å². The molecule has 1 aliphatic rings. The van der Waals surface area contributed by atoms with Crippen LogP contribution < -0.4 is 5.32 Å². The van der Waals surface area contributed by atoms with Gasteiger partial charge >= 0.3 is 0 Å². The Kier molecular flexibility index (Phi) is 4.83. The quantitative estimate of drug-likeness (QED) is 0.831. The zero-order chi connectivity index (χ0) is 11.9. The molecule has 1 saturated heterocycles. The molecule has 3 nitrogen and oxygen atoms in total. The molecule has 0 aromatic heterocycles. The zero-order valence-corrected chi connectivity index (χ0v) is 10.4. The van der Waals surface area contributed by atoms with Crippen molar-refractivity contribution in [3.05, 3.63) is 29.8 Å². The van der Waals surface area contributed by atoms with Crippen LogP contribution >= 0.6 is 0 Å². The topological polar surface area (TPSA) is 35.5 Å². The smallest absolute Gasteiger partial charge is 0.118 e. The number of aromatic hydroxyl groups is 1. The Morgan fingerprint density at radius 3 is 2.94 bits per heavy atom. The summed E-state index contributed by atoms with van der Waals surface area (Å²) in [6.07, 6.45) is 3.34. The number of phenolic OH excluding ortho intramolecular Hbond substituents is 1.